The lowest BCUT2D eigenvalue weighted by Gasteiger charge is -2.36. The molecule has 3 nitrogen and oxygen atoms in total. The van der Waals surface area contributed by atoms with E-state index >= 15 is 0 Å². The van der Waals surface area contributed by atoms with Crippen LogP contribution in [-0.2, 0) is 12.4 Å². The summed E-state index contributed by atoms with van der Waals surface area (Å²) in [6, 6.07) is 4.61. The lowest BCUT2D eigenvalue weighted by atomic mass is 9.93. The normalized spacial score (nSPS) is 16.3. The summed E-state index contributed by atoms with van der Waals surface area (Å²) in [5, 5.41) is 3.03. The second kappa shape index (κ2) is 11.2. The van der Waals surface area contributed by atoms with E-state index in [0.29, 0.717) is 38.3 Å². The zero-order chi connectivity index (χ0) is 23.7. The van der Waals surface area contributed by atoms with Gasteiger partial charge >= 0.3 is 18.7 Å². The number of nitrogens with one attached hydrogen (secondary N) is 1. The molecule has 0 amide bonds. The highest BCUT2D eigenvalue weighted by molar-refractivity contribution is 5.85. The summed E-state index contributed by atoms with van der Waals surface area (Å²) in [5.41, 5.74) is -2.95. The van der Waals surface area contributed by atoms with Crippen molar-refractivity contribution in [1.29, 1.82) is 0 Å². The average Bonchev–Trinajstić information content (AvgIpc) is 2.68. The summed E-state index contributed by atoms with van der Waals surface area (Å²) in [5.74, 6) is -0.555. The molecule has 192 valence electrons. The van der Waals surface area contributed by atoms with Gasteiger partial charge in [-0.25, -0.2) is 0 Å². The molecule has 0 aliphatic carbocycles. The van der Waals surface area contributed by atoms with Crippen LogP contribution in [0.15, 0.2) is 42.5 Å². The van der Waals surface area contributed by atoms with Gasteiger partial charge in [0.25, 0.3) is 0 Å². The van der Waals surface area contributed by atoms with Crippen LogP contribution in [0.4, 0.5) is 39.5 Å². The van der Waals surface area contributed by atoms with Crippen molar-refractivity contribution in [1.82, 2.24) is 10.2 Å². The van der Waals surface area contributed by atoms with Gasteiger partial charge in [0.2, 0.25) is 0 Å². The van der Waals surface area contributed by atoms with Crippen LogP contribution >= 0.6 is 24.8 Å². The monoisotopic (exact) mass is 544 g/mol. The molecule has 1 heterocycles. The molecule has 1 fully saturated rings. The van der Waals surface area contributed by atoms with E-state index in [1.165, 1.54) is 12.1 Å². The van der Waals surface area contributed by atoms with Crippen LogP contribution in [0.25, 0.3) is 0 Å². The Morgan fingerprint density at radius 1 is 0.706 bits per heavy atom. The minimum Gasteiger partial charge on any atom is -0.406 e. The Labute approximate surface area is 201 Å². The molecule has 14 heteroatoms. The molecule has 0 bridgehead atoms. The number of halogens is 11. The molecule has 1 atom stereocenters. The first-order chi connectivity index (χ1) is 14.7. The number of benzene rings is 2. The third-order valence-corrected chi connectivity index (χ3v) is 4.87. The molecule has 3 rings (SSSR count). The van der Waals surface area contributed by atoms with Crippen molar-refractivity contribution >= 4 is 24.8 Å². The van der Waals surface area contributed by atoms with E-state index in [4.69, 9.17) is 0 Å². The second-order valence-electron chi connectivity index (χ2n) is 7.14. The summed E-state index contributed by atoms with van der Waals surface area (Å²) in [6.07, 6.45) is -15.0. The predicted octanol–water partition coefficient (Wildman–Crippen LogP) is 6.46. The van der Waals surface area contributed by atoms with E-state index in [-0.39, 0.29) is 42.0 Å². The van der Waals surface area contributed by atoms with Crippen molar-refractivity contribution in [3.8, 4) is 5.75 Å². The van der Waals surface area contributed by atoms with Crippen LogP contribution in [0.5, 0.6) is 5.75 Å². The number of rotatable bonds is 4. The SMILES string of the molecule is Cl.Cl.FC(F)(F)Oc1ccc([C@@H](c2cc(C(F)(F)F)cc(C(F)(F)F)c2)N2CCNCC2)cc1. The molecule has 1 aliphatic heterocycles. The smallest absolute Gasteiger partial charge is 0.406 e. The molecule has 0 spiro atoms. The Kier molecular flexibility index (Phi) is 9.96. The van der Waals surface area contributed by atoms with E-state index in [0.717, 1.165) is 12.1 Å². The van der Waals surface area contributed by atoms with Gasteiger partial charge in [-0.1, -0.05) is 12.1 Å². The quantitative estimate of drug-likeness (QED) is 0.447. The lowest BCUT2D eigenvalue weighted by molar-refractivity contribution is -0.274. The summed E-state index contributed by atoms with van der Waals surface area (Å²) in [6.45, 7) is 1.50. The van der Waals surface area contributed by atoms with Crippen LogP contribution in [0.2, 0.25) is 0 Å². The van der Waals surface area contributed by atoms with Gasteiger partial charge < -0.3 is 10.1 Å². The van der Waals surface area contributed by atoms with Gasteiger partial charge in [0.1, 0.15) is 5.75 Å². The van der Waals surface area contributed by atoms with Gasteiger partial charge in [-0.15, -0.1) is 38.0 Å². The van der Waals surface area contributed by atoms with Crippen LogP contribution in [0.1, 0.15) is 28.3 Å². The number of hydrogen-bond acceptors (Lipinski definition) is 3. The number of hydrogen-bond donors (Lipinski definition) is 1. The van der Waals surface area contributed by atoms with Gasteiger partial charge in [0.05, 0.1) is 17.2 Å². The maximum atomic E-state index is 13.3. The Bertz CT molecular complexity index is 893. The highest BCUT2D eigenvalue weighted by Gasteiger charge is 2.38. The first-order valence-corrected chi connectivity index (χ1v) is 9.34. The maximum Gasteiger partial charge on any atom is 0.573 e. The highest BCUT2D eigenvalue weighted by Crippen LogP contribution is 2.40. The predicted molar refractivity (Wildman–Crippen MR) is 110 cm³/mol. The Morgan fingerprint density at radius 2 is 1.18 bits per heavy atom. The van der Waals surface area contributed by atoms with E-state index in [1.807, 2.05) is 0 Å². The van der Waals surface area contributed by atoms with Crippen LogP contribution < -0.4 is 10.1 Å². The van der Waals surface area contributed by atoms with E-state index < -0.39 is 41.6 Å². The fraction of sp³-hybridized carbons (Fsp3) is 0.400. The summed E-state index contributed by atoms with van der Waals surface area (Å²) in [4.78, 5) is 1.67. The van der Waals surface area contributed by atoms with Gasteiger partial charge in [-0.2, -0.15) is 26.3 Å². The van der Waals surface area contributed by atoms with Crippen molar-refractivity contribution in [3.05, 3.63) is 64.7 Å². The molecular formula is C20H19Cl2F9N2O. The molecule has 34 heavy (non-hydrogen) atoms. The number of nitrogens with zero attached hydrogens (tertiary/aromatic N) is 1. The van der Waals surface area contributed by atoms with E-state index in [2.05, 4.69) is 10.1 Å². The topological polar surface area (TPSA) is 24.5 Å². The maximum absolute atomic E-state index is 13.3. The first-order valence-electron chi connectivity index (χ1n) is 9.34. The number of ether oxygens (including phenoxy) is 1. The molecule has 1 N–H and O–H groups in total. The molecule has 2 aromatic rings. The highest BCUT2D eigenvalue weighted by atomic mass is 35.5. The van der Waals surface area contributed by atoms with Crippen LogP contribution in [-0.4, -0.2) is 37.4 Å². The van der Waals surface area contributed by atoms with Gasteiger partial charge in [-0.05, 0) is 41.5 Å². The van der Waals surface area contributed by atoms with E-state index in [1.54, 1.807) is 4.90 Å². The third-order valence-electron chi connectivity index (χ3n) is 4.87. The van der Waals surface area contributed by atoms with Crippen molar-refractivity contribution in [2.24, 2.45) is 0 Å². The molecule has 0 unspecified atom stereocenters. The third kappa shape index (κ3) is 7.82. The average molecular weight is 545 g/mol. The lowest BCUT2D eigenvalue weighted by Crippen LogP contribution is -2.45. The van der Waals surface area contributed by atoms with Gasteiger partial charge in [0, 0.05) is 26.2 Å². The zero-order valence-electron chi connectivity index (χ0n) is 17.0. The van der Waals surface area contributed by atoms with E-state index in [9.17, 15) is 39.5 Å². The van der Waals surface area contributed by atoms with Gasteiger partial charge in [-0.3, -0.25) is 4.90 Å². The van der Waals surface area contributed by atoms with Crippen molar-refractivity contribution in [3.63, 3.8) is 0 Å². The number of alkyl halides is 9. The zero-order valence-corrected chi connectivity index (χ0v) is 18.7. The standard InChI is InChI=1S/C20H17F9N2O.2ClH/c21-18(22,23)14-9-13(10-15(11-14)19(24,25)26)17(31-7-5-30-6-8-31)12-1-3-16(4-2-12)32-20(27,28)29;;/h1-4,9-11,17,30H,5-8H2;2*1H/t17-;;/m0../s1. The molecule has 0 aromatic heterocycles. The molecule has 1 saturated heterocycles. The minimum absolute atomic E-state index is 0. The minimum atomic E-state index is -5.02. The summed E-state index contributed by atoms with van der Waals surface area (Å²) >= 11 is 0. The van der Waals surface area contributed by atoms with Gasteiger partial charge in [0.15, 0.2) is 0 Å². The Balaban J connectivity index is 0.00000289. The largest absolute Gasteiger partial charge is 0.573 e. The van der Waals surface area contributed by atoms with Crippen molar-refractivity contribution < 1.29 is 44.3 Å². The molecule has 0 saturated carbocycles. The summed E-state index contributed by atoms with van der Waals surface area (Å²) < 4.78 is 121. The molecular weight excluding hydrogens is 526 g/mol. The second-order valence-corrected chi connectivity index (χ2v) is 7.14. The Hall–Kier alpha value is -1.89. The Morgan fingerprint density at radius 3 is 1.59 bits per heavy atom. The van der Waals surface area contributed by atoms with Crippen molar-refractivity contribution in [2.45, 2.75) is 24.8 Å². The van der Waals surface area contributed by atoms with Crippen molar-refractivity contribution in [2.75, 3.05) is 26.2 Å². The van der Waals surface area contributed by atoms with Crippen LogP contribution in [0.3, 0.4) is 0 Å². The molecule has 2 aromatic carbocycles. The molecule has 1 aliphatic rings. The summed E-state index contributed by atoms with van der Waals surface area (Å²) in [7, 11) is 0. The number of piperazine rings is 1. The molecule has 0 radical (unpaired) electrons. The fourth-order valence-electron chi connectivity index (χ4n) is 3.54. The fourth-order valence-corrected chi connectivity index (χ4v) is 3.54. The first kappa shape index (κ1) is 30.1. The van der Waals surface area contributed by atoms with Crippen LogP contribution in [0, 0.1) is 0 Å².